The van der Waals surface area contributed by atoms with Crippen molar-refractivity contribution in [2.24, 2.45) is 0 Å². The van der Waals surface area contributed by atoms with Gasteiger partial charge >= 0.3 is 5.69 Å². The van der Waals surface area contributed by atoms with Crippen LogP contribution in [-0.4, -0.2) is 27.4 Å². The first-order valence-electron chi connectivity index (χ1n) is 8.21. The predicted molar refractivity (Wildman–Crippen MR) is 92.4 cm³/mol. The largest absolute Gasteiger partial charge is 0.352 e. The number of aromatic nitrogens is 3. The van der Waals surface area contributed by atoms with Crippen LogP contribution in [0.4, 0.5) is 0 Å². The van der Waals surface area contributed by atoms with E-state index >= 15 is 0 Å². The number of pyridine rings is 1. The van der Waals surface area contributed by atoms with Crippen LogP contribution >= 0.6 is 0 Å². The Morgan fingerprint density at radius 2 is 2.04 bits per heavy atom. The van der Waals surface area contributed by atoms with Gasteiger partial charge in [0.2, 0.25) is 5.91 Å². The molecule has 25 heavy (non-hydrogen) atoms. The van der Waals surface area contributed by atoms with E-state index in [2.05, 4.69) is 25.6 Å². The number of nitrogens with one attached hydrogen (secondary N) is 4. The molecule has 1 aliphatic rings. The number of aromatic amines is 2. The molecule has 132 valence electrons. The Kier molecular flexibility index (Phi) is 4.80. The first-order valence-corrected chi connectivity index (χ1v) is 8.21. The van der Waals surface area contributed by atoms with Crippen molar-refractivity contribution in [3.8, 4) is 0 Å². The van der Waals surface area contributed by atoms with Crippen LogP contribution in [0.3, 0.4) is 0 Å². The number of fused-ring (bicyclic) bond motifs is 1. The summed E-state index contributed by atoms with van der Waals surface area (Å²) in [6.45, 7) is 5.61. The Morgan fingerprint density at radius 1 is 1.24 bits per heavy atom. The number of carbonyl (C=O) groups excluding carboxylic acids is 1. The number of aryl methyl sites for hydroxylation is 2. The Hall–Kier alpha value is -2.74. The summed E-state index contributed by atoms with van der Waals surface area (Å²) < 4.78 is 0. The Bertz CT molecular complexity index is 929. The normalized spacial score (nSPS) is 13.4. The average molecular weight is 343 g/mol. The van der Waals surface area contributed by atoms with Gasteiger partial charge in [0.15, 0.2) is 0 Å². The zero-order valence-electron chi connectivity index (χ0n) is 14.3. The summed E-state index contributed by atoms with van der Waals surface area (Å²) in [5.74, 6) is -0.272. The second-order valence-electron chi connectivity index (χ2n) is 6.22. The van der Waals surface area contributed by atoms with Crippen LogP contribution in [-0.2, 0) is 30.7 Å². The third-order valence-corrected chi connectivity index (χ3v) is 4.52. The van der Waals surface area contributed by atoms with E-state index in [0.29, 0.717) is 12.2 Å². The SMILES string of the molecule is Cc1ncc2c(c1CNC(=O)Cc1c(C)[nH]c(=O)[nH]c1=O)CCNC2. The number of rotatable bonds is 4. The molecule has 8 heteroatoms. The van der Waals surface area contributed by atoms with E-state index in [1.165, 1.54) is 5.56 Å². The summed E-state index contributed by atoms with van der Waals surface area (Å²) in [5.41, 5.74) is 3.92. The maximum absolute atomic E-state index is 12.3. The third-order valence-electron chi connectivity index (χ3n) is 4.52. The van der Waals surface area contributed by atoms with Crippen LogP contribution in [0, 0.1) is 13.8 Å². The van der Waals surface area contributed by atoms with Gasteiger partial charge in [-0.1, -0.05) is 0 Å². The van der Waals surface area contributed by atoms with Gasteiger partial charge in [-0.25, -0.2) is 4.79 Å². The maximum Gasteiger partial charge on any atom is 0.325 e. The molecule has 0 fully saturated rings. The second kappa shape index (κ2) is 7.02. The van der Waals surface area contributed by atoms with Crippen LogP contribution in [0.25, 0.3) is 0 Å². The molecule has 1 amide bonds. The third kappa shape index (κ3) is 3.69. The molecule has 0 saturated carbocycles. The summed E-state index contributed by atoms with van der Waals surface area (Å²) in [6, 6.07) is 0. The zero-order chi connectivity index (χ0) is 18.0. The van der Waals surface area contributed by atoms with E-state index in [9.17, 15) is 14.4 Å². The molecule has 0 bridgehead atoms. The molecular formula is C17H21N5O3. The quantitative estimate of drug-likeness (QED) is 0.601. The first-order chi connectivity index (χ1) is 12.0. The summed E-state index contributed by atoms with van der Waals surface area (Å²) in [7, 11) is 0. The molecule has 0 spiro atoms. The lowest BCUT2D eigenvalue weighted by molar-refractivity contribution is -0.120. The van der Waals surface area contributed by atoms with Crippen LogP contribution < -0.4 is 21.9 Å². The van der Waals surface area contributed by atoms with Crippen molar-refractivity contribution < 1.29 is 4.79 Å². The molecule has 0 aromatic carbocycles. The molecule has 0 saturated heterocycles. The highest BCUT2D eigenvalue weighted by atomic mass is 16.2. The Morgan fingerprint density at radius 3 is 2.80 bits per heavy atom. The van der Waals surface area contributed by atoms with Crippen molar-refractivity contribution in [2.75, 3.05) is 6.54 Å². The fourth-order valence-electron chi connectivity index (χ4n) is 3.13. The fourth-order valence-corrected chi connectivity index (χ4v) is 3.13. The van der Waals surface area contributed by atoms with Crippen molar-refractivity contribution in [3.05, 3.63) is 60.7 Å². The van der Waals surface area contributed by atoms with Crippen molar-refractivity contribution in [3.63, 3.8) is 0 Å². The summed E-state index contributed by atoms with van der Waals surface area (Å²) >= 11 is 0. The molecule has 1 aliphatic heterocycles. The van der Waals surface area contributed by atoms with Crippen LogP contribution in [0.5, 0.6) is 0 Å². The van der Waals surface area contributed by atoms with Crippen LogP contribution in [0.15, 0.2) is 15.8 Å². The standard InChI is InChI=1S/C17H21N5O3/c1-9-14(12-3-4-18-6-11(12)7-19-9)8-20-15(23)5-13-10(2)21-17(25)22-16(13)24/h7,18H,3-6,8H2,1-2H3,(H,20,23)(H2,21,22,24,25). The maximum atomic E-state index is 12.3. The van der Waals surface area contributed by atoms with E-state index in [-0.39, 0.29) is 17.9 Å². The van der Waals surface area contributed by atoms with Gasteiger partial charge in [0, 0.05) is 36.2 Å². The van der Waals surface area contributed by atoms with E-state index in [1.807, 2.05) is 13.1 Å². The lowest BCUT2D eigenvalue weighted by atomic mass is 9.96. The molecule has 3 heterocycles. The minimum atomic E-state index is -0.571. The lowest BCUT2D eigenvalue weighted by Gasteiger charge is -2.21. The topological polar surface area (TPSA) is 120 Å². The van der Waals surface area contributed by atoms with Gasteiger partial charge in [-0.3, -0.25) is 19.6 Å². The number of nitrogens with zero attached hydrogens (tertiary/aromatic N) is 1. The summed E-state index contributed by atoms with van der Waals surface area (Å²) in [6.07, 6.45) is 2.70. The molecular weight excluding hydrogens is 322 g/mol. The molecule has 0 radical (unpaired) electrons. The second-order valence-corrected chi connectivity index (χ2v) is 6.22. The van der Waals surface area contributed by atoms with Gasteiger partial charge in [-0.05, 0) is 43.5 Å². The number of H-pyrrole nitrogens is 2. The highest BCUT2D eigenvalue weighted by Gasteiger charge is 2.17. The van der Waals surface area contributed by atoms with Gasteiger partial charge in [0.05, 0.1) is 6.42 Å². The van der Waals surface area contributed by atoms with Crippen molar-refractivity contribution >= 4 is 5.91 Å². The molecule has 8 nitrogen and oxygen atoms in total. The fraction of sp³-hybridized carbons (Fsp3) is 0.412. The van der Waals surface area contributed by atoms with Gasteiger partial charge in [0.1, 0.15) is 0 Å². The van der Waals surface area contributed by atoms with Gasteiger partial charge in [0.25, 0.3) is 5.56 Å². The number of amides is 1. The predicted octanol–water partition coefficient (Wildman–Crippen LogP) is -0.420. The van der Waals surface area contributed by atoms with Crippen LogP contribution in [0.1, 0.15) is 33.6 Å². The smallest absolute Gasteiger partial charge is 0.325 e. The molecule has 0 atom stereocenters. The molecule has 0 aliphatic carbocycles. The molecule has 2 aromatic rings. The van der Waals surface area contributed by atoms with Crippen molar-refractivity contribution in [1.82, 2.24) is 25.6 Å². The number of hydrogen-bond acceptors (Lipinski definition) is 5. The monoisotopic (exact) mass is 343 g/mol. The van der Waals surface area contributed by atoms with E-state index in [0.717, 1.165) is 36.3 Å². The van der Waals surface area contributed by atoms with Gasteiger partial charge < -0.3 is 15.6 Å². The molecule has 2 aromatic heterocycles. The summed E-state index contributed by atoms with van der Waals surface area (Å²) in [5, 5.41) is 6.17. The van der Waals surface area contributed by atoms with E-state index in [4.69, 9.17) is 0 Å². The molecule has 4 N–H and O–H groups in total. The summed E-state index contributed by atoms with van der Waals surface area (Å²) in [4.78, 5) is 44.4. The van der Waals surface area contributed by atoms with E-state index in [1.54, 1.807) is 6.92 Å². The van der Waals surface area contributed by atoms with E-state index < -0.39 is 11.2 Å². The van der Waals surface area contributed by atoms with Gasteiger partial charge in [-0.2, -0.15) is 0 Å². The van der Waals surface area contributed by atoms with Gasteiger partial charge in [-0.15, -0.1) is 0 Å². The minimum absolute atomic E-state index is 0.0823. The Labute approximate surface area is 144 Å². The average Bonchev–Trinajstić information content (AvgIpc) is 2.57. The van der Waals surface area contributed by atoms with Crippen molar-refractivity contribution in [1.29, 1.82) is 0 Å². The highest BCUT2D eigenvalue weighted by molar-refractivity contribution is 5.78. The van der Waals surface area contributed by atoms with Crippen molar-refractivity contribution in [2.45, 2.75) is 39.8 Å². The van der Waals surface area contributed by atoms with Crippen LogP contribution in [0.2, 0.25) is 0 Å². The minimum Gasteiger partial charge on any atom is -0.352 e. The molecule has 0 unspecified atom stereocenters. The number of carbonyl (C=O) groups is 1. The number of hydrogen-bond donors (Lipinski definition) is 4. The zero-order valence-corrected chi connectivity index (χ0v) is 14.3. The lowest BCUT2D eigenvalue weighted by Crippen LogP contribution is -2.33. The first kappa shape index (κ1) is 17.1. The molecule has 3 rings (SSSR count). The Balaban J connectivity index is 1.74. The highest BCUT2D eigenvalue weighted by Crippen LogP contribution is 2.20.